The highest BCUT2D eigenvalue weighted by Crippen LogP contribution is 2.15. The van der Waals surface area contributed by atoms with Gasteiger partial charge in [-0.3, -0.25) is 4.99 Å². The first-order valence-corrected chi connectivity index (χ1v) is 9.17. The van der Waals surface area contributed by atoms with E-state index in [1.165, 1.54) is 31.6 Å². The van der Waals surface area contributed by atoms with Gasteiger partial charge in [-0.05, 0) is 46.2 Å². The van der Waals surface area contributed by atoms with E-state index >= 15 is 0 Å². The molecule has 1 atom stereocenters. The first kappa shape index (κ1) is 20.6. The Morgan fingerprint density at radius 2 is 2.30 bits per heavy atom. The summed E-state index contributed by atoms with van der Waals surface area (Å²) in [4.78, 5) is 11.7. The zero-order chi connectivity index (χ0) is 15.8. The van der Waals surface area contributed by atoms with Crippen LogP contribution in [0.25, 0.3) is 0 Å². The molecule has 0 aromatic carbocycles. The topological polar surface area (TPSA) is 52.6 Å². The van der Waals surface area contributed by atoms with Crippen LogP contribution in [0, 0.1) is 12.8 Å². The summed E-state index contributed by atoms with van der Waals surface area (Å²) in [6, 6.07) is 0. The van der Waals surface area contributed by atoms with Gasteiger partial charge in [0.1, 0.15) is 0 Å². The predicted molar refractivity (Wildman–Crippen MR) is 110 cm³/mol. The van der Waals surface area contributed by atoms with Gasteiger partial charge in [-0.25, -0.2) is 4.98 Å². The number of nitrogens with one attached hydrogen (secondary N) is 2. The van der Waals surface area contributed by atoms with Crippen molar-refractivity contribution in [3.05, 3.63) is 16.1 Å². The number of thiazole rings is 1. The van der Waals surface area contributed by atoms with Crippen LogP contribution >= 0.6 is 35.3 Å². The van der Waals surface area contributed by atoms with Crippen LogP contribution in [0.1, 0.15) is 30.5 Å². The second kappa shape index (κ2) is 11.2. The lowest BCUT2D eigenvalue weighted by atomic mass is 9.99. The highest BCUT2D eigenvalue weighted by Gasteiger charge is 2.16. The lowest BCUT2D eigenvalue weighted by Crippen LogP contribution is -2.39. The molecule has 7 heteroatoms. The number of aliphatic imine (C=N–C) groups is 1. The molecule has 1 aliphatic heterocycles. The SMILES string of the molecule is CCNC(=NCC1CCCN(C)C1)NCCc1csc(C)n1.I. The molecule has 1 saturated heterocycles. The molecule has 1 aliphatic rings. The zero-order valence-corrected chi connectivity index (χ0v) is 17.6. The van der Waals surface area contributed by atoms with Crippen molar-refractivity contribution < 1.29 is 0 Å². The molecule has 0 spiro atoms. The van der Waals surface area contributed by atoms with Crippen LogP contribution in [-0.4, -0.2) is 55.6 Å². The summed E-state index contributed by atoms with van der Waals surface area (Å²) in [5.41, 5.74) is 1.17. The fraction of sp³-hybridized carbons (Fsp3) is 0.750. The van der Waals surface area contributed by atoms with E-state index in [1.54, 1.807) is 11.3 Å². The summed E-state index contributed by atoms with van der Waals surface area (Å²) >= 11 is 1.71. The van der Waals surface area contributed by atoms with Gasteiger partial charge < -0.3 is 15.5 Å². The monoisotopic (exact) mass is 451 g/mol. The normalized spacial score (nSPS) is 19.3. The van der Waals surface area contributed by atoms with Gasteiger partial charge >= 0.3 is 0 Å². The van der Waals surface area contributed by atoms with Gasteiger partial charge in [0.25, 0.3) is 0 Å². The Hall–Kier alpha value is -0.410. The molecule has 0 aliphatic carbocycles. The van der Waals surface area contributed by atoms with Crippen molar-refractivity contribution >= 4 is 41.3 Å². The van der Waals surface area contributed by atoms with Crippen LogP contribution in [-0.2, 0) is 6.42 Å². The summed E-state index contributed by atoms with van der Waals surface area (Å²) in [6.45, 7) is 9.23. The Labute approximate surface area is 161 Å². The highest BCUT2D eigenvalue weighted by atomic mass is 127. The van der Waals surface area contributed by atoms with Crippen molar-refractivity contribution in [2.24, 2.45) is 10.9 Å². The zero-order valence-electron chi connectivity index (χ0n) is 14.5. The lowest BCUT2D eigenvalue weighted by molar-refractivity contribution is 0.214. The molecule has 0 bridgehead atoms. The van der Waals surface area contributed by atoms with Crippen LogP contribution in [0.4, 0.5) is 0 Å². The van der Waals surface area contributed by atoms with E-state index < -0.39 is 0 Å². The minimum atomic E-state index is 0. The third kappa shape index (κ3) is 7.80. The minimum absolute atomic E-state index is 0. The van der Waals surface area contributed by atoms with Crippen molar-refractivity contribution in [1.29, 1.82) is 0 Å². The molecule has 5 nitrogen and oxygen atoms in total. The summed E-state index contributed by atoms with van der Waals surface area (Å²) in [5, 5.41) is 10.0. The summed E-state index contributed by atoms with van der Waals surface area (Å²) in [6.07, 6.45) is 3.54. The number of piperidine rings is 1. The Bertz CT molecular complexity index is 477. The smallest absolute Gasteiger partial charge is 0.191 e. The number of hydrogen-bond acceptors (Lipinski definition) is 4. The molecule has 1 fully saturated rings. The lowest BCUT2D eigenvalue weighted by Gasteiger charge is -2.28. The number of aryl methyl sites for hydroxylation is 1. The molecular weight excluding hydrogens is 421 g/mol. The quantitative estimate of drug-likeness (QED) is 0.397. The molecule has 23 heavy (non-hydrogen) atoms. The third-order valence-electron chi connectivity index (χ3n) is 3.91. The van der Waals surface area contributed by atoms with E-state index in [4.69, 9.17) is 4.99 Å². The number of rotatable bonds is 6. The number of aromatic nitrogens is 1. The molecule has 1 aromatic heterocycles. The standard InChI is InChI=1S/C16H29N5S.HI/c1-4-17-16(18-8-7-15-12-22-13(2)20-15)19-10-14-6-5-9-21(3)11-14;/h12,14H,4-11H2,1-3H3,(H2,17,18,19);1H. The maximum absolute atomic E-state index is 4.76. The van der Waals surface area contributed by atoms with Gasteiger partial charge in [0.05, 0.1) is 10.7 Å². The Morgan fingerprint density at radius 3 is 2.96 bits per heavy atom. The third-order valence-corrected chi connectivity index (χ3v) is 4.74. The van der Waals surface area contributed by atoms with Crippen molar-refractivity contribution in [3.63, 3.8) is 0 Å². The highest BCUT2D eigenvalue weighted by molar-refractivity contribution is 14.0. The average molecular weight is 451 g/mol. The molecule has 0 amide bonds. The molecule has 2 rings (SSSR count). The molecule has 2 heterocycles. The Morgan fingerprint density at radius 1 is 1.48 bits per heavy atom. The van der Waals surface area contributed by atoms with E-state index in [-0.39, 0.29) is 24.0 Å². The molecular formula is C16H30IN5S. The molecule has 0 saturated carbocycles. The van der Waals surface area contributed by atoms with Crippen LogP contribution in [0.2, 0.25) is 0 Å². The van der Waals surface area contributed by atoms with Crippen molar-refractivity contribution in [1.82, 2.24) is 20.5 Å². The van der Waals surface area contributed by atoms with Gasteiger partial charge in [-0.2, -0.15) is 0 Å². The summed E-state index contributed by atoms with van der Waals surface area (Å²) in [7, 11) is 2.20. The molecule has 1 unspecified atom stereocenters. The van der Waals surface area contributed by atoms with Crippen molar-refractivity contribution in [2.45, 2.75) is 33.1 Å². The Balaban J connectivity index is 0.00000264. The van der Waals surface area contributed by atoms with Gasteiger partial charge in [0, 0.05) is 38.0 Å². The van der Waals surface area contributed by atoms with Crippen molar-refractivity contribution in [2.75, 3.05) is 39.8 Å². The minimum Gasteiger partial charge on any atom is -0.357 e. The number of nitrogens with zero attached hydrogens (tertiary/aromatic N) is 3. The van der Waals surface area contributed by atoms with Crippen LogP contribution in [0.3, 0.4) is 0 Å². The number of halogens is 1. The molecule has 132 valence electrons. The van der Waals surface area contributed by atoms with Gasteiger partial charge in [-0.15, -0.1) is 35.3 Å². The first-order chi connectivity index (χ1) is 10.7. The van der Waals surface area contributed by atoms with E-state index in [0.717, 1.165) is 37.0 Å². The second-order valence-electron chi connectivity index (χ2n) is 6.02. The van der Waals surface area contributed by atoms with E-state index in [1.807, 2.05) is 6.92 Å². The van der Waals surface area contributed by atoms with E-state index in [9.17, 15) is 0 Å². The number of likely N-dealkylation sites (tertiary alicyclic amines) is 1. The summed E-state index contributed by atoms with van der Waals surface area (Å²) < 4.78 is 0. The van der Waals surface area contributed by atoms with E-state index in [0.29, 0.717) is 5.92 Å². The number of hydrogen-bond donors (Lipinski definition) is 2. The van der Waals surface area contributed by atoms with Gasteiger partial charge in [0.2, 0.25) is 0 Å². The van der Waals surface area contributed by atoms with E-state index in [2.05, 4.69) is 39.9 Å². The number of guanidine groups is 1. The molecule has 2 N–H and O–H groups in total. The second-order valence-corrected chi connectivity index (χ2v) is 7.09. The summed E-state index contributed by atoms with van der Waals surface area (Å²) in [5.74, 6) is 1.62. The average Bonchev–Trinajstić information content (AvgIpc) is 2.90. The van der Waals surface area contributed by atoms with Crippen LogP contribution in [0.5, 0.6) is 0 Å². The van der Waals surface area contributed by atoms with Crippen LogP contribution in [0.15, 0.2) is 10.4 Å². The predicted octanol–water partition coefficient (Wildman–Crippen LogP) is 2.51. The van der Waals surface area contributed by atoms with Gasteiger partial charge in [-0.1, -0.05) is 0 Å². The Kier molecular flexibility index (Phi) is 10.0. The largest absolute Gasteiger partial charge is 0.357 e. The first-order valence-electron chi connectivity index (χ1n) is 8.29. The van der Waals surface area contributed by atoms with Crippen LogP contribution < -0.4 is 10.6 Å². The molecule has 0 radical (unpaired) electrons. The fourth-order valence-corrected chi connectivity index (χ4v) is 3.46. The van der Waals surface area contributed by atoms with Crippen molar-refractivity contribution in [3.8, 4) is 0 Å². The molecule has 1 aromatic rings. The fourth-order valence-electron chi connectivity index (χ4n) is 2.82. The maximum Gasteiger partial charge on any atom is 0.191 e. The van der Waals surface area contributed by atoms with Gasteiger partial charge in [0.15, 0.2) is 5.96 Å². The maximum atomic E-state index is 4.76.